The first kappa shape index (κ1) is 16.5. The molecule has 0 saturated carbocycles. The van der Waals surface area contributed by atoms with E-state index in [-0.39, 0.29) is 18.6 Å². The summed E-state index contributed by atoms with van der Waals surface area (Å²) in [5.74, 6) is -0.727. The number of aromatic nitrogens is 2. The van der Waals surface area contributed by atoms with Crippen molar-refractivity contribution >= 4 is 28.5 Å². The van der Waals surface area contributed by atoms with Gasteiger partial charge in [-0.1, -0.05) is 30.7 Å². The number of nitrogens with zero attached hydrogens (tertiary/aromatic N) is 2. The Morgan fingerprint density at radius 3 is 2.93 bits per heavy atom. The number of rotatable bonds is 1. The predicted octanol–water partition coefficient (Wildman–Crippen LogP) is 2.73. The number of cyclic esters (lactones) is 1. The summed E-state index contributed by atoms with van der Waals surface area (Å²) >= 11 is 6.29. The van der Waals surface area contributed by atoms with Crippen molar-refractivity contribution in [1.29, 1.82) is 0 Å². The first-order chi connectivity index (χ1) is 12.9. The Morgan fingerprint density at radius 1 is 1.33 bits per heavy atom. The summed E-state index contributed by atoms with van der Waals surface area (Å²) in [4.78, 5) is 29.9. The van der Waals surface area contributed by atoms with Crippen molar-refractivity contribution in [3.05, 3.63) is 62.4 Å². The lowest BCUT2D eigenvalue weighted by Crippen LogP contribution is -2.44. The van der Waals surface area contributed by atoms with Gasteiger partial charge in [0.25, 0.3) is 5.56 Å². The highest BCUT2D eigenvalue weighted by Gasteiger charge is 2.45. The van der Waals surface area contributed by atoms with E-state index < -0.39 is 11.6 Å². The minimum atomic E-state index is -1.82. The van der Waals surface area contributed by atoms with E-state index in [1.54, 1.807) is 23.6 Å². The van der Waals surface area contributed by atoms with Crippen molar-refractivity contribution in [2.45, 2.75) is 32.1 Å². The zero-order valence-corrected chi connectivity index (χ0v) is 15.2. The third-order valence-corrected chi connectivity index (χ3v) is 5.79. The quantitative estimate of drug-likeness (QED) is 0.512. The number of pyridine rings is 2. The maximum absolute atomic E-state index is 13.1. The fourth-order valence-electron chi connectivity index (χ4n) is 3.97. The highest BCUT2D eigenvalue weighted by Crippen LogP contribution is 2.39. The molecule has 0 bridgehead atoms. The summed E-state index contributed by atoms with van der Waals surface area (Å²) in [5.41, 5.74) is 1.32. The van der Waals surface area contributed by atoms with Gasteiger partial charge in [0.15, 0.2) is 5.60 Å². The van der Waals surface area contributed by atoms with E-state index >= 15 is 0 Å². The zero-order chi connectivity index (χ0) is 18.9. The smallest absolute Gasteiger partial charge is 0.343 e. The van der Waals surface area contributed by atoms with Crippen LogP contribution < -0.4 is 5.56 Å². The average Bonchev–Trinajstić information content (AvgIpc) is 3.02. The number of carbonyl (C=O) groups excluding carboxylic acids is 1. The predicted molar refractivity (Wildman–Crippen MR) is 99.5 cm³/mol. The van der Waals surface area contributed by atoms with Crippen molar-refractivity contribution in [1.82, 2.24) is 9.55 Å². The maximum Gasteiger partial charge on any atom is 0.343 e. The standard InChI is InChI=1S/C20H15ClN2O4/c1-2-20(26)13-7-15-17-11(6-10-4-3-5-14(21)16(10)22-17)8-23(15)18(24)12(13)9-27-19(20)25/h3-7,26H,2,8-9H2,1H3. The highest BCUT2D eigenvalue weighted by atomic mass is 35.5. The fraction of sp³-hybridized carbons (Fsp3) is 0.250. The molecule has 2 aliphatic rings. The lowest BCUT2D eigenvalue weighted by Gasteiger charge is -2.31. The van der Waals surface area contributed by atoms with Crippen LogP contribution in [0.25, 0.3) is 22.3 Å². The average molecular weight is 383 g/mol. The Labute approximate surface area is 159 Å². The summed E-state index contributed by atoms with van der Waals surface area (Å²) in [6.07, 6.45) is 0.117. The molecular weight excluding hydrogens is 368 g/mol. The molecule has 3 aromatic rings. The number of para-hydroxylation sites is 1. The van der Waals surface area contributed by atoms with Crippen LogP contribution in [-0.2, 0) is 28.3 Å². The number of carbonyl (C=O) groups is 1. The minimum absolute atomic E-state index is 0.117. The number of ether oxygens (including phenoxy) is 1. The molecule has 0 radical (unpaired) electrons. The van der Waals surface area contributed by atoms with Crippen LogP contribution in [0.3, 0.4) is 0 Å². The van der Waals surface area contributed by atoms with E-state index in [2.05, 4.69) is 4.98 Å². The van der Waals surface area contributed by atoms with Crippen molar-refractivity contribution in [3.63, 3.8) is 0 Å². The van der Waals surface area contributed by atoms with Crippen LogP contribution in [0.5, 0.6) is 0 Å². The van der Waals surface area contributed by atoms with Gasteiger partial charge in [0, 0.05) is 16.5 Å². The van der Waals surface area contributed by atoms with Gasteiger partial charge in [-0.2, -0.15) is 0 Å². The summed E-state index contributed by atoms with van der Waals surface area (Å²) in [6, 6.07) is 9.22. The monoisotopic (exact) mass is 382 g/mol. The number of halogens is 1. The molecule has 1 unspecified atom stereocenters. The van der Waals surface area contributed by atoms with E-state index in [0.29, 0.717) is 39.6 Å². The van der Waals surface area contributed by atoms with Crippen LogP contribution in [0.1, 0.15) is 30.0 Å². The molecule has 0 saturated heterocycles. The van der Waals surface area contributed by atoms with E-state index in [9.17, 15) is 14.7 Å². The van der Waals surface area contributed by atoms with Crippen LogP contribution >= 0.6 is 11.6 Å². The van der Waals surface area contributed by atoms with Gasteiger partial charge in [0.2, 0.25) is 0 Å². The van der Waals surface area contributed by atoms with Gasteiger partial charge in [-0.3, -0.25) is 4.79 Å². The van der Waals surface area contributed by atoms with E-state index in [0.717, 1.165) is 10.9 Å². The minimum Gasteiger partial charge on any atom is -0.458 e. The SMILES string of the molecule is CCC1(O)C(=O)OCc2c1cc1n(c2=O)Cc2cc3cccc(Cl)c3nc2-1. The Balaban J connectivity index is 1.82. The van der Waals surface area contributed by atoms with E-state index in [1.807, 2.05) is 18.2 Å². The highest BCUT2D eigenvalue weighted by molar-refractivity contribution is 6.35. The molecule has 7 heteroatoms. The molecule has 1 atom stereocenters. The second-order valence-electron chi connectivity index (χ2n) is 6.91. The molecule has 6 nitrogen and oxygen atoms in total. The summed E-state index contributed by atoms with van der Waals surface area (Å²) < 4.78 is 6.68. The molecule has 5 rings (SSSR count). The van der Waals surface area contributed by atoms with Gasteiger partial charge < -0.3 is 14.4 Å². The number of hydrogen-bond donors (Lipinski definition) is 1. The fourth-order valence-corrected chi connectivity index (χ4v) is 4.20. The number of fused-ring (bicyclic) bond motifs is 5. The van der Waals surface area contributed by atoms with Crippen LogP contribution in [0.4, 0.5) is 0 Å². The maximum atomic E-state index is 13.1. The molecule has 4 heterocycles. The number of hydrogen-bond acceptors (Lipinski definition) is 5. The molecule has 136 valence electrons. The molecule has 2 aromatic heterocycles. The molecule has 0 amide bonds. The second-order valence-corrected chi connectivity index (χ2v) is 7.32. The zero-order valence-electron chi connectivity index (χ0n) is 14.5. The third-order valence-electron chi connectivity index (χ3n) is 5.49. The number of benzene rings is 1. The molecule has 0 fully saturated rings. The van der Waals surface area contributed by atoms with Gasteiger partial charge in [-0.15, -0.1) is 0 Å². The van der Waals surface area contributed by atoms with Crippen LogP contribution in [0, 0.1) is 0 Å². The Kier molecular flexibility index (Phi) is 3.30. The molecule has 1 aromatic carbocycles. The topological polar surface area (TPSA) is 81.4 Å². The molecular formula is C20H15ClN2O4. The summed E-state index contributed by atoms with van der Waals surface area (Å²) in [5, 5.41) is 12.3. The van der Waals surface area contributed by atoms with Crippen molar-refractivity contribution in [3.8, 4) is 11.4 Å². The van der Waals surface area contributed by atoms with Crippen LogP contribution in [0.15, 0.2) is 35.1 Å². The first-order valence-corrected chi connectivity index (χ1v) is 9.07. The largest absolute Gasteiger partial charge is 0.458 e. The second kappa shape index (κ2) is 5.41. The molecule has 0 spiro atoms. The van der Waals surface area contributed by atoms with Crippen molar-refractivity contribution in [2.75, 3.05) is 0 Å². The van der Waals surface area contributed by atoms with Gasteiger partial charge in [0.1, 0.15) is 6.61 Å². The Hall–Kier alpha value is -2.70. The summed E-state index contributed by atoms with van der Waals surface area (Å²) in [7, 11) is 0. The van der Waals surface area contributed by atoms with Gasteiger partial charge >= 0.3 is 5.97 Å². The molecule has 2 aliphatic heterocycles. The van der Waals surface area contributed by atoms with Gasteiger partial charge in [-0.05, 0) is 24.6 Å². The van der Waals surface area contributed by atoms with Crippen molar-refractivity contribution in [2.24, 2.45) is 0 Å². The molecule has 27 heavy (non-hydrogen) atoms. The lowest BCUT2D eigenvalue weighted by atomic mass is 9.86. The lowest BCUT2D eigenvalue weighted by molar-refractivity contribution is -0.172. The number of esters is 1. The number of aliphatic hydroxyl groups is 1. The first-order valence-electron chi connectivity index (χ1n) is 8.69. The van der Waals surface area contributed by atoms with Crippen molar-refractivity contribution < 1.29 is 14.6 Å². The van der Waals surface area contributed by atoms with Gasteiger partial charge in [-0.25, -0.2) is 9.78 Å². The molecule has 0 aliphatic carbocycles. The Morgan fingerprint density at radius 2 is 2.15 bits per heavy atom. The molecule has 1 N–H and O–H groups in total. The van der Waals surface area contributed by atoms with E-state index in [1.165, 1.54) is 0 Å². The van der Waals surface area contributed by atoms with Gasteiger partial charge in [0.05, 0.1) is 34.0 Å². The third kappa shape index (κ3) is 2.08. The van der Waals surface area contributed by atoms with Crippen LogP contribution in [-0.4, -0.2) is 20.6 Å². The summed E-state index contributed by atoms with van der Waals surface area (Å²) in [6.45, 7) is 1.93. The van der Waals surface area contributed by atoms with Crippen LogP contribution in [0.2, 0.25) is 5.02 Å². The Bertz CT molecular complexity index is 1220. The normalized spacial score (nSPS) is 20.2. The van der Waals surface area contributed by atoms with E-state index in [4.69, 9.17) is 16.3 Å².